The molecule has 0 bridgehead atoms. The second-order valence-electron chi connectivity index (χ2n) is 4.18. The molecule has 4 heteroatoms. The molecule has 0 aliphatic carbocycles. The van der Waals surface area contributed by atoms with Crippen molar-refractivity contribution in [1.29, 1.82) is 0 Å². The molecule has 0 unspecified atom stereocenters. The number of hydrogen-bond acceptors (Lipinski definition) is 3. The minimum Gasteiger partial charge on any atom is -0.494 e. The molecule has 0 radical (unpaired) electrons. The van der Waals surface area contributed by atoms with Crippen LogP contribution in [0.25, 0.3) is 0 Å². The van der Waals surface area contributed by atoms with E-state index in [1.54, 1.807) is 0 Å². The van der Waals surface area contributed by atoms with Crippen LogP contribution in [-0.4, -0.2) is 19.1 Å². The lowest BCUT2D eigenvalue weighted by Crippen LogP contribution is -2.23. The molecule has 1 aromatic rings. The van der Waals surface area contributed by atoms with Crippen LogP contribution in [0, 0.1) is 0 Å². The highest BCUT2D eigenvalue weighted by Gasteiger charge is 1.96. The van der Waals surface area contributed by atoms with Gasteiger partial charge in [0.1, 0.15) is 5.75 Å². The van der Waals surface area contributed by atoms with Crippen LogP contribution < -0.4 is 15.8 Å². The summed E-state index contributed by atoms with van der Waals surface area (Å²) in [6.45, 7) is 3.32. The Labute approximate surface area is 109 Å². The minimum atomic E-state index is 0.119. The largest absolute Gasteiger partial charge is 0.494 e. The predicted molar refractivity (Wildman–Crippen MR) is 73.5 cm³/mol. The topological polar surface area (TPSA) is 64.3 Å². The van der Waals surface area contributed by atoms with Crippen molar-refractivity contribution in [3.8, 4) is 5.75 Å². The van der Waals surface area contributed by atoms with E-state index in [9.17, 15) is 4.79 Å². The van der Waals surface area contributed by atoms with Gasteiger partial charge in [-0.2, -0.15) is 0 Å². The van der Waals surface area contributed by atoms with Gasteiger partial charge in [0.25, 0.3) is 0 Å². The normalized spacial score (nSPS) is 10.1. The molecule has 0 aliphatic heterocycles. The summed E-state index contributed by atoms with van der Waals surface area (Å²) in [7, 11) is 0. The van der Waals surface area contributed by atoms with E-state index >= 15 is 0 Å². The van der Waals surface area contributed by atoms with Gasteiger partial charge in [0, 0.05) is 18.7 Å². The van der Waals surface area contributed by atoms with Crippen molar-refractivity contribution < 1.29 is 9.53 Å². The lowest BCUT2D eigenvalue weighted by Gasteiger charge is -2.06. The van der Waals surface area contributed by atoms with Gasteiger partial charge in [0.2, 0.25) is 5.91 Å². The summed E-state index contributed by atoms with van der Waals surface area (Å²) in [6, 6.07) is 7.40. The summed E-state index contributed by atoms with van der Waals surface area (Å²) in [6.07, 6.45) is 3.60. The molecular formula is C14H22N2O2. The Kier molecular flexibility index (Phi) is 6.69. The summed E-state index contributed by atoms with van der Waals surface area (Å²) in [5, 5.41) is 2.85. The molecule has 0 saturated heterocycles. The average molecular weight is 250 g/mol. The number of unbranched alkanes of at least 4 members (excludes halogenated alkanes) is 2. The predicted octanol–water partition coefficient (Wildman–Crippen LogP) is 2.34. The molecular weight excluding hydrogens is 228 g/mol. The summed E-state index contributed by atoms with van der Waals surface area (Å²) >= 11 is 0. The van der Waals surface area contributed by atoms with E-state index in [0.717, 1.165) is 37.2 Å². The Morgan fingerprint density at radius 3 is 2.61 bits per heavy atom. The molecule has 0 heterocycles. The van der Waals surface area contributed by atoms with Crippen molar-refractivity contribution in [3.05, 3.63) is 24.3 Å². The quantitative estimate of drug-likeness (QED) is 0.550. The first kappa shape index (κ1) is 14.4. The molecule has 0 aromatic heterocycles. The van der Waals surface area contributed by atoms with Crippen molar-refractivity contribution in [2.75, 3.05) is 18.9 Å². The van der Waals surface area contributed by atoms with Gasteiger partial charge >= 0.3 is 0 Å². The maximum atomic E-state index is 11.0. The van der Waals surface area contributed by atoms with Gasteiger partial charge < -0.3 is 15.8 Å². The first-order chi connectivity index (χ1) is 8.72. The van der Waals surface area contributed by atoms with Crippen LogP contribution in [-0.2, 0) is 4.79 Å². The van der Waals surface area contributed by atoms with E-state index in [2.05, 4.69) is 5.32 Å². The Balaban J connectivity index is 1.99. The molecule has 0 aliphatic rings. The van der Waals surface area contributed by atoms with E-state index in [0.29, 0.717) is 13.0 Å². The van der Waals surface area contributed by atoms with Crippen LogP contribution >= 0.6 is 0 Å². The smallest absolute Gasteiger partial charge is 0.219 e. The second-order valence-corrected chi connectivity index (χ2v) is 4.18. The highest BCUT2D eigenvalue weighted by Crippen LogP contribution is 2.13. The van der Waals surface area contributed by atoms with Gasteiger partial charge in [-0.1, -0.05) is 6.92 Å². The number of rotatable bonds is 8. The standard InChI is InChI=1S/C14H22N2O2/c1-2-14(17)16-10-4-3-5-11-18-13-8-6-12(15)7-9-13/h6-9H,2-5,10-11,15H2,1H3,(H,16,17). The molecule has 0 spiro atoms. The molecule has 4 nitrogen and oxygen atoms in total. The van der Waals surface area contributed by atoms with Crippen LogP contribution in [0.5, 0.6) is 5.75 Å². The van der Waals surface area contributed by atoms with E-state index in [-0.39, 0.29) is 5.91 Å². The van der Waals surface area contributed by atoms with Crippen LogP contribution in [0.3, 0.4) is 0 Å². The summed E-state index contributed by atoms with van der Waals surface area (Å²) < 4.78 is 5.57. The Morgan fingerprint density at radius 1 is 1.22 bits per heavy atom. The number of carbonyl (C=O) groups excluding carboxylic acids is 1. The zero-order valence-electron chi connectivity index (χ0n) is 10.9. The number of nitrogen functional groups attached to an aromatic ring is 1. The number of nitrogens with two attached hydrogens (primary N) is 1. The van der Waals surface area contributed by atoms with Crippen LogP contribution in [0.1, 0.15) is 32.6 Å². The number of amides is 1. The van der Waals surface area contributed by atoms with Gasteiger partial charge in [-0.05, 0) is 43.5 Å². The van der Waals surface area contributed by atoms with Crippen LogP contribution in [0.4, 0.5) is 5.69 Å². The third kappa shape index (κ3) is 6.13. The van der Waals surface area contributed by atoms with E-state index in [1.807, 2.05) is 31.2 Å². The van der Waals surface area contributed by atoms with Crippen LogP contribution in [0.2, 0.25) is 0 Å². The first-order valence-electron chi connectivity index (χ1n) is 6.47. The Morgan fingerprint density at radius 2 is 1.94 bits per heavy atom. The number of carbonyl (C=O) groups is 1. The van der Waals surface area contributed by atoms with Gasteiger partial charge in [-0.3, -0.25) is 4.79 Å². The number of anilines is 1. The zero-order valence-corrected chi connectivity index (χ0v) is 10.9. The number of nitrogens with one attached hydrogen (secondary N) is 1. The van der Waals surface area contributed by atoms with Gasteiger partial charge in [0.05, 0.1) is 6.61 Å². The van der Waals surface area contributed by atoms with Gasteiger partial charge in [-0.15, -0.1) is 0 Å². The zero-order chi connectivity index (χ0) is 13.2. The average Bonchev–Trinajstić information content (AvgIpc) is 2.39. The van der Waals surface area contributed by atoms with Gasteiger partial charge in [-0.25, -0.2) is 0 Å². The molecule has 3 N–H and O–H groups in total. The van der Waals surface area contributed by atoms with Crippen molar-refractivity contribution in [2.24, 2.45) is 0 Å². The molecule has 18 heavy (non-hydrogen) atoms. The highest BCUT2D eigenvalue weighted by molar-refractivity contribution is 5.75. The lowest BCUT2D eigenvalue weighted by atomic mass is 10.2. The number of hydrogen-bond donors (Lipinski definition) is 2. The first-order valence-corrected chi connectivity index (χ1v) is 6.47. The summed E-state index contributed by atoms with van der Waals surface area (Å²) in [5.74, 6) is 0.969. The molecule has 0 atom stereocenters. The fourth-order valence-electron chi connectivity index (χ4n) is 1.51. The third-order valence-corrected chi connectivity index (χ3v) is 2.61. The summed E-state index contributed by atoms with van der Waals surface area (Å²) in [5.41, 5.74) is 6.33. The minimum absolute atomic E-state index is 0.119. The lowest BCUT2D eigenvalue weighted by molar-refractivity contribution is -0.120. The van der Waals surface area contributed by atoms with E-state index in [4.69, 9.17) is 10.5 Å². The monoisotopic (exact) mass is 250 g/mol. The Bertz CT molecular complexity index is 349. The maximum Gasteiger partial charge on any atom is 0.219 e. The molecule has 0 fully saturated rings. The van der Waals surface area contributed by atoms with Crippen molar-refractivity contribution in [3.63, 3.8) is 0 Å². The van der Waals surface area contributed by atoms with E-state index in [1.165, 1.54) is 0 Å². The molecule has 1 aromatic carbocycles. The SMILES string of the molecule is CCC(=O)NCCCCCOc1ccc(N)cc1. The maximum absolute atomic E-state index is 11.0. The number of benzene rings is 1. The van der Waals surface area contributed by atoms with Crippen molar-refractivity contribution in [2.45, 2.75) is 32.6 Å². The van der Waals surface area contributed by atoms with Crippen molar-refractivity contribution in [1.82, 2.24) is 5.32 Å². The molecule has 100 valence electrons. The number of ether oxygens (including phenoxy) is 1. The second kappa shape index (κ2) is 8.39. The third-order valence-electron chi connectivity index (χ3n) is 2.61. The molecule has 0 saturated carbocycles. The van der Waals surface area contributed by atoms with Gasteiger partial charge in [0.15, 0.2) is 0 Å². The Hall–Kier alpha value is -1.71. The van der Waals surface area contributed by atoms with E-state index < -0.39 is 0 Å². The molecule has 1 rings (SSSR count). The fraction of sp³-hybridized carbons (Fsp3) is 0.500. The summed E-state index contributed by atoms with van der Waals surface area (Å²) in [4.78, 5) is 11.0. The molecule has 1 amide bonds. The van der Waals surface area contributed by atoms with Crippen LogP contribution in [0.15, 0.2) is 24.3 Å². The fourth-order valence-corrected chi connectivity index (χ4v) is 1.51. The highest BCUT2D eigenvalue weighted by atomic mass is 16.5. The van der Waals surface area contributed by atoms with Crippen molar-refractivity contribution >= 4 is 11.6 Å².